The number of hydrogen-bond donors (Lipinski definition) is 2. The predicted molar refractivity (Wildman–Crippen MR) is 247 cm³/mol. The van der Waals surface area contributed by atoms with Crippen molar-refractivity contribution < 1.29 is 46.2 Å². The van der Waals surface area contributed by atoms with Crippen LogP contribution in [0.1, 0.15) is 167 Å². The molecule has 4 aromatic carbocycles. The number of hydrogen-bond acceptors (Lipinski definition) is 8. The Labute approximate surface area is 385 Å². The number of rotatable bonds is 16. The summed E-state index contributed by atoms with van der Waals surface area (Å²) in [4.78, 5) is 51.6. The second-order valence-corrected chi connectivity index (χ2v) is 18.3. The number of carbonyl (C=O) groups excluding carboxylic acids is 4. The van der Waals surface area contributed by atoms with E-state index < -0.39 is 23.7 Å². The van der Waals surface area contributed by atoms with E-state index in [0.29, 0.717) is 98.2 Å². The number of halogens is 4. The summed E-state index contributed by atoms with van der Waals surface area (Å²) in [6.45, 7) is 8.10. The first kappa shape index (κ1) is 48.7. The molecule has 0 saturated carbocycles. The van der Waals surface area contributed by atoms with Crippen molar-refractivity contribution in [1.29, 1.82) is 0 Å². The van der Waals surface area contributed by atoms with Gasteiger partial charge in [-0.2, -0.15) is 0 Å². The summed E-state index contributed by atoms with van der Waals surface area (Å²) >= 11 is 0. The van der Waals surface area contributed by atoms with Crippen LogP contribution >= 0.6 is 0 Å². The molecule has 0 aromatic heterocycles. The van der Waals surface area contributed by atoms with Gasteiger partial charge in [0.25, 0.3) is 11.8 Å². The highest BCUT2D eigenvalue weighted by Gasteiger charge is 2.43. The molecule has 0 aliphatic carbocycles. The van der Waals surface area contributed by atoms with Crippen LogP contribution in [0.5, 0.6) is 11.5 Å². The summed E-state index contributed by atoms with van der Waals surface area (Å²) < 4.78 is 68.6. The van der Waals surface area contributed by atoms with Gasteiger partial charge in [0.15, 0.2) is 23.1 Å². The molecule has 0 bridgehead atoms. The zero-order chi connectivity index (χ0) is 47.2. The maximum atomic E-state index is 14.1. The quantitative estimate of drug-likeness (QED) is 0.0845. The lowest BCUT2D eigenvalue weighted by Gasteiger charge is -2.31. The highest BCUT2D eigenvalue weighted by molar-refractivity contribution is 6.05. The lowest BCUT2D eigenvalue weighted by atomic mass is 9.85. The Morgan fingerprint density at radius 2 is 0.955 bits per heavy atom. The normalized spacial score (nSPS) is 23.6. The van der Waals surface area contributed by atoms with Crippen LogP contribution in [0.15, 0.2) is 84.9 Å². The third-order valence-electron chi connectivity index (χ3n) is 13.8. The molecule has 8 nitrogen and oxygen atoms in total. The molecule has 4 aliphatic rings. The molecule has 2 saturated heterocycles. The van der Waals surface area contributed by atoms with Crippen LogP contribution in [0, 0.1) is 11.8 Å². The van der Waals surface area contributed by atoms with Crippen LogP contribution in [0.2, 0.25) is 0 Å². The van der Waals surface area contributed by atoms with Crippen LogP contribution < -0.4 is 20.1 Å². The Bertz CT molecular complexity index is 2210. The number of nitrogens with one attached hydrogen (secondary N) is 2. The van der Waals surface area contributed by atoms with Crippen molar-refractivity contribution in [1.82, 2.24) is 10.6 Å². The van der Waals surface area contributed by atoms with Gasteiger partial charge < -0.3 is 20.1 Å². The average molecular weight is 911 g/mol. The molecule has 2 fully saturated rings. The van der Waals surface area contributed by atoms with Crippen LogP contribution in [0.4, 0.5) is 17.6 Å². The molecular formula is C54H62F4N2O6. The van der Waals surface area contributed by atoms with E-state index in [0.717, 1.165) is 22.3 Å². The smallest absolute Gasteiger partial charge is 0.263 e. The van der Waals surface area contributed by atoms with Crippen molar-refractivity contribution in [2.24, 2.45) is 11.8 Å². The van der Waals surface area contributed by atoms with Crippen molar-refractivity contribution in [3.8, 4) is 11.5 Å². The summed E-state index contributed by atoms with van der Waals surface area (Å²) in [6.07, 6.45) is 2.94. The molecular weight excluding hydrogens is 849 g/mol. The maximum absolute atomic E-state index is 14.1. The second kappa shape index (κ2) is 21.2. The fourth-order valence-electron chi connectivity index (χ4n) is 10.2. The van der Waals surface area contributed by atoms with Crippen LogP contribution in [-0.2, 0) is 0 Å². The lowest BCUT2D eigenvalue weighted by molar-refractivity contribution is -0.0767. The van der Waals surface area contributed by atoms with Gasteiger partial charge in [-0.3, -0.25) is 19.2 Å². The number of ketones is 4. The predicted octanol–water partition coefficient (Wildman–Crippen LogP) is 11.6. The first-order valence-electron chi connectivity index (χ1n) is 23.7. The van der Waals surface area contributed by atoms with E-state index in [1.165, 1.54) is 0 Å². The minimum atomic E-state index is -2.73. The average Bonchev–Trinajstić information content (AvgIpc) is 3.84. The molecule has 12 heteroatoms. The molecule has 2 N–H and O–H groups in total. The Kier molecular flexibility index (Phi) is 15.6. The van der Waals surface area contributed by atoms with Crippen LogP contribution in [0.3, 0.4) is 0 Å². The van der Waals surface area contributed by atoms with Crippen molar-refractivity contribution in [2.75, 3.05) is 26.2 Å². The monoisotopic (exact) mass is 910 g/mol. The number of fused-ring (bicyclic) bond motifs is 2. The van der Waals surface area contributed by atoms with Gasteiger partial charge >= 0.3 is 0 Å². The molecule has 4 aromatic rings. The highest BCUT2D eigenvalue weighted by Crippen LogP contribution is 2.47. The molecule has 0 amide bonds. The van der Waals surface area contributed by atoms with Gasteiger partial charge in [-0.1, -0.05) is 74.5 Å². The first-order valence-corrected chi connectivity index (χ1v) is 23.7. The summed E-state index contributed by atoms with van der Waals surface area (Å²) in [6, 6.07) is 26.8. The fourth-order valence-corrected chi connectivity index (χ4v) is 10.2. The molecule has 0 unspecified atom stereocenters. The maximum Gasteiger partial charge on any atom is 0.263 e. The fraction of sp³-hybridized carbons (Fsp3) is 0.481. The van der Waals surface area contributed by atoms with Crippen molar-refractivity contribution >= 4 is 23.1 Å². The van der Waals surface area contributed by atoms with E-state index in [2.05, 4.69) is 10.6 Å². The highest BCUT2D eigenvalue weighted by atomic mass is 19.3. The van der Waals surface area contributed by atoms with Crippen molar-refractivity contribution in [3.05, 3.63) is 129 Å². The molecule has 4 aliphatic heterocycles. The van der Waals surface area contributed by atoms with E-state index in [1.807, 2.05) is 86.6 Å². The Morgan fingerprint density at radius 3 is 1.30 bits per heavy atom. The number of alkyl halides is 4. The second-order valence-electron chi connectivity index (χ2n) is 18.3. The molecule has 0 radical (unpaired) electrons. The first-order chi connectivity index (χ1) is 31.6. The molecule has 352 valence electrons. The number of Topliss-reactive ketones (excluding diaryl/α,β-unsaturated/α-hetero) is 4. The number of ether oxygens (including phenoxy) is 2. The van der Waals surface area contributed by atoms with Gasteiger partial charge in [0.1, 0.15) is 23.7 Å². The van der Waals surface area contributed by atoms with Gasteiger partial charge in [-0.05, 0) is 101 Å². The third kappa shape index (κ3) is 10.8. The van der Waals surface area contributed by atoms with E-state index in [4.69, 9.17) is 9.47 Å². The summed E-state index contributed by atoms with van der Waals surface area (Å²) in [5.41, 5.74) is 5.62. The van der Waals surface area contributed by atoms with Crippen molar-refractivity contribution in [3.63, 3.8) is 0 Å². The molecule has 6 atom stereocenters. The van der Waals surface area contributed by atoms with E-state index in [9.17, 15) is 36.7 Å². The standard InChI is InChI=1S/2C27H31F2NO3/c2*1-3-23(31)21-14-19(24(32)11-7-10-20-12-13-30-16-27(20,28)29)15-22-25(17(2)33-26(21)22)18-8-5-4-6-9-18/h2*4-6,8-9,14-15,17,20,25,30H,3,7,10-13,16H2,1-2H3/t17-,20+,25+;17-,20-,25+/m11/s1. The Hall–Kier alpha value is -5.20. The number of benzene rings is 4. The number of piperidine rings is 2. The topological polar surface area (TPSA) is 111 Å². The Balaban J connectivity index is 0.000000196. The van der Waals surface area contributed by atoms with E-state index in [-0.39, 0.29) is 73.1 Å². The van der Waals surface area contributed by atoms with Crippen LogP contribution in [0.25, 0.3) is 0 Å². The largest absolute Gasteiger partial charge is 0.489 e. The summed E-state index contributed by atoms with van der Waals surface area (Å²) in [7, 11) is 0. The summed E-state index contributed by atoms with van der Waals surface area (Å²) in [5.74, 6) is -6.26. The zero-order valence-corrected chi connectivity index (χ0v) is 38.4. The van der Waals surface area contributed by atoms with Gasteiger partial charge in [-0.25, -0.2) is 17.6 Å². The summed E-state index contributed by atoms with van der Waals surface area (Å²) in [5, 5.41) is 5.47. The van der Waals surface area contributed by atoms with Gasteiger partial charge in [-0.15, -0.1) is 0 Å². The van der Waals surface area contributed by atoms with Gasteiger partial charge in [0.05, 0.1) is 24.2 Å². The molecule has 66 heavy (non-hydrogen) atoms. The number of carbonyl (C=O) groups is 4. The molecule has 8 rings (SSSR count). The third-order valence-corrected chi connectivity index (χ3v) is 13.8. The molecule has 0 spiro atoms. The zero-order valence-electron chi connectivity index (χ0n) is 38.4. The van der Waals surface area contributed by atoms with E-state index >= 15 is 0 Å². The lowest BCUT2D eigenvalue weighted by Crippen LogP contribution is -2.45. The van der Waals surface area contributed by atoms with E-state index in [1.54, 1.807) is 26.0 Å². The Morgan fingerprint density at radius 1 is 0.576 bits per heavy atom. The van der Waals surface area contributed by atoms with Crippen molar-refractivity contribution in [2.45, 2.75) is 128 Å². The molecule has 4 heterocycles. The SMILES string of the molecule is CCC(=O)c1cc(C(=O)CCC[C@@H]2CCNCC2(F)F)cc2c1O[C@H](C)[C@H]2c1ccccc1.CCC(=O)c1cc(C(=O)CCC[C@H]2CCNCC2(F)F)cc2c1O[C@H](C)[C@H]2c1ccccc1. The minimum absolute atomic E-state index is 0.0730. The van der Waals surface area contributed by atoms with Gasteiger partial charge in [0, 0.05) is 71.6 Å². The van der Waals surface area contributed by atoms with Crippen LogP contribution in [-0.4, -0.2) is 73.4 Å². The minimum Gasteiger partial charge on any atom is -0.489 e. The van der Waals surface area contributed by atoms with Gasteiger partial charge in [0.2, 0.25) is 0 Å².